The van der Waals surface area contributed by atoms with Gasteiger partial charge in [0.1, 0.15) is 5.75 Å². The number of carbonyl (C=O) groups excluding carboxylic acids is 1. The fraction of sp³-hybridized carbons (Fsp3) is 0.500. The summed E-state index contributed by atoms with van der Waals surface area (Å²) < 4.78 is 11.1. The molecule has 1 aliphatic rings. The van der Waals surface area contributed by atoms with Crippen LogP contribution in [0.1, 0.15) is 54.4 Å². The van der Waals surface area contributed by atoms with Gasteiger partial charge in [-0.05, 0) is 37.8 Å². The molecule has 1 saturated heterocycles. The maximum absolute atomic E-state index is 12.6. The molecule has 5 heteroatoms. The molecule has 0 saturated carbocycles. The Labute approximate surface area is 148 Å². The van der Waals surface area contributed by atoms with E-state index in [1.165, 1.54) is 5.56 Å². The third-order valence-corrected chi connectivity index (χ3v) is 4.64. The van der Waals surface area contributed by atoms with E-state index < -0.39 is 0 Å². The van der Waals surface area contributed by atoms with Gasteiger partial charge in [-0.15, -0.1) is 0 Å². The summed E-state index contributed by atoms with van der Waals surface area (Å²) in [7, 11) is 0. The maximum Gasteiger partial charge on any atom is 0.292 e. The Kier molecular flexibility index (Phi) is 5.41. The molecule has 0 aliphatic carbocycles. The van der Waals surface area contributed by atoms with Crippen LogP contribution in [0.4, 0.5) is 0 Å². The quantitative estimate of drug-likeness (QED) is 0.823. The number of rotatable bonds is 5. The van der Waals surface area contributed by atoms with Crippen molar-refractivity contribution in [1.29, 1.82) is 0 Å². The van der Waals surface area contributed by atoms with Crippen molar-refractivity contribution >= 4 is 5.91 Å². The van der Waals surface area contributed by atoms with Gasteiger partial charge in [0.2, 0.25) is 5.76 Å². The van der Waals surface area contributed by atoms with Gasteiger partial charge in [0.25, 0.3) is 5.91 Å². The Hall–Kier alpha value is -2.30. The lowest BCUT2D eigenvalue weighted by atomic mass is 9.98. The standard InChI is InChI=1S/C20H26N2O3/c1-14(2)18-11-19(25-21-18)20(23)22-10-4-5-16(12-22)13-24-17-8-6-15(3)7-9-17/h6-9,11,14,16H,4-5,10,12-13H2,1-3H3/t16-/m1/s1. The monoisotopic (exact) mass is 342 g/mol. The fourth-order valence-corrected chi connectivity index (χ4v) is 3.05. The first kappa shape index (κ1) is 17.5. The van der Waals surface area contributed by atoms with Gasteiger partial charge in [0.05, 0.1) is 12.3 Å². The number of hydrogen-bond acceptors (Lipinski definition) is 4. The summed E-state index contributed by atoms with van der Waals surface area (Å²) in [5, 5.41) is 3.99. The van der Waals surface area contributed by atoms with Gasteiger partial charge >= 0.3 is 0 Å². The van der Waals surface area contributed by atoms with E-state index in [-0.39, 0.29) is 11.8 Å². The molecule has 1 fully saturated rings. The Morgan fingerprint density at radius 2 is 2.12 bits per heavy atom. The van der Waals surface area contributed by atoms with E-state index in [1.807, 2.05) is 43.0 Å². The van der Waals surface area contributed by atoms with E-state index >= 15 is 0 Å². The number of aromatic nitrogens is 1. The zero-order chi connectivity index (χ0) is 17.8. The van der Waals surface area contributed by atoms with Gasteiger partial charge in [-0.2, -0.15) is 0 Å². The highest BCUT2D eigenvalue weighted by Gasteiger charge is 2.27. The zero-order valence-electron chi connectivity index (χ0n) is 15.2. The van der Waals surface area contributed by atoms with Crippen molar-refractivity contribution in [2.45, 2.75) is 39.5 Å². The van der Waals surface area contributed by atoms with Crippen molar-refractivity contribution in [2.75, 3.05) is 19.7 Å². The van der Waals surface area contributed by atoms with Crippen LogP contribution in [-0.4, -0.2) is 35.7 Å². The molecule has 2 aromatic rings. The second-order valence-electron chi connectivity index (χ2n) is 7.15. The number of nitrogens with zero attached hydrogens (tertiary/aromatic N) is 2. The number of piperidine rings is 1. The Bertz CT molecular complexity index is 706. The molecule has 0 spiro atoms. The highest BCUT2D eigenvalue weighted by atomic mass is 16.5. The highest BCUT2D eigenvalue weighted by Crippen LogP contribution is 2.22. The van der Waals surface area contributed by atoms with E-state index in [2.05, 4.69) is 12.1 Å². The zero-order valence-corrected chi connectivity index (χ0v) is 15.2. The summed E-state index contributed by atoms with van der Waals surface area (Å²) in [6.07, 6.45) is 2.06. The largest absolute Gasteiger partial charge is 0.493 e. The van der Waals surface area contributed by atoms with Crippen LogP contribution >= 0.6 is 0 Å². The molecule has 1 aromatic heterocycles. The van der Waals surface area contributed by atoms with Crippen LogP contribution in [0.25, 0.3) is 0 Å². The molecular formula is C20H26N2O3. The Morgan fingerprint density at radius 1 is 1.36 bits per heavy atom. The van der Waals surface area contributed by atoms with Gasteiger partial charge in [0, 0.05) is 25.1 Å². The van der Waals surface area contributed by atoms with Crippen molar-refractivity contribution in [3.05, 3.63) is 47.3 Å². The van der Waals surface area contributed by atoms with E-state index in [9.17, 15) is 4.79 Å². The molecule has 5 nitrogen and oxygen atoms in total. The number of ether oxygens (including phenoxy) is 1. The lowest BCUT2D eigenvalue weighted by molar-refractivity contribution is 0.0593. The van der Waals surface area contributed by atoms with E-state index in [0.717, 1.165) is 30.8 Å². The summed E-state index contributed by atoms with van der Waals surface area (Å²) in [5.74, 6) is 1.74. The first-order valence-corrected chi connectivity index (χ1v) is 8.98. The smallest absolute Gasteiger partial charge is 0.292 e. The molecule has 0 unspecified atom stereocenters. The Morgan fingerprint density at radius 3 is 2.80 bits per heavy atom. The second kappa shape index (κ2) is 7.72. The van der Waals surface area contributed by atoms with Crippen LogP contribution in [0.3, 0.4) is 0 Å². The number of aryl methyl sites for hydroxylation is 1. The molecule has 1 aromatic carbocycles. The summed E-state index contributed by atoms with van der Waals surface area (Å²) in [6.45, 7) is 8.21. The van der Waals surface area contributed by atoms with Gasteiger partial charge in [-0.3, -0.25) is 4.79 Å². The van der Waals surface area contributed by atoms with E-state index in [0.29, 0.717) is 24.8 Å². The van der Waals surface area contributed by atoms with Crippen LogP contribution in [0.15, 0.2) is 34.9 Å². The first-order chi connectivity index (χ1) is 12.0. The molecule has 3 rings (SSSR count). The first-order valence-electron chi connectivity index (χ1n) is 8.98. The minimum Gasteiger partial charge on any atom is -0.493 e. The summed E-state index contributed by atoms with van der Waals surface area (Å²) >= 11 is 0. The molecule has 1 aliphatic heterocycles. The molecule has 134 valence electrons. The normalized spacial score (nSPS) is 17.8. The molecule has 25 heavy (non-hydrogen) atoms. The van der Waals surface area contributed by atoms with Crippen LogP contribution in [0, 0.1) is 12.8 Å². The van der Waals surface area contributed by atoms with Gasteiger partial charge < -0.3 is 14.2 Å². The predicted molar refractivity (Wildman–Crippen MR) is 95.9 cm³/mol. The van der Waals surface area contributed by atoms with Crippen molar-refractivity contribution in [3.8, 4) is 5.75 Å². The van der Waals surface area contributed by atoms with E-state index in [4.69, 9.17) is 9.26 Å². The second-order valence-corrected chi connectivity index (χ2v) is 7.15. The number of likely N-dealkylation sites (tertiary alicyclic amines) is 1. The van der Waals surface area contributed by atoms with Gasteiger partial charge in [-0.1, -0.05) is 36.7 Å². The number of carbonyl (C=O) groups is 1. The van der Waals surface area contributed by atoms with Crippen LogP contribution in [-0.2, 0) is 0 Å². The minimum absolute atomic E-state index is 0.0700. The van der Waals surface area contributed by atoms with Crippen molar-refractivity contribution in [1.82, 2.24) is 10.1 Å². The maximum atomic E-state index is 12.6. The third kappa shape index (κ3) is 4.41. The topological polar surface area (TPSA) is 55.6 Å². The van der Waals surface area contributed by atoms with Gasteiger partial charge in [0.15, 0.2) is 0 Å². The molecular weight excluding hydrogens is 316 g/mol. The van der Waals surface area contributed by atoms with Crippen LogP contribution in [0.5, 0.6) is 5.75 Å². The minimum atomic E-state index is -0.0700. The number of benzene rings is 1. The van der Waals surface area contributed by atoms with Crippen molar-refractivity contribution < 1.29 is 14.1 Å². The highest BCUT2D eigenvalue weighted by molar-refractivity contribution is 5.91. The summed E-state index contributed by atoms with van der Waals surface area (Å²) in [6, 6.07) is 9.83. The molecule has 2 heterocycles. The average molecular weight is 342 g/mol. The fourth-order valence-electron chi connectivity index (χ4n) is 3.05. The average Bonchev–Trinajstić information content (AvgIpc) is 3.11. The number of amides is 1. The summed E-state index contributed by atoms with van der Waals surface area (Å²) in [5.41, 5.74) is 2.04. The van der Waals surface area contributed by atoms with Crippen molar-refractivity contribution in [2.24, 2.45) is 5.92 Å². The SMILES string of the molecule is Cc1ccc(OC[C@@H]2CCCN(C(=O)c3cc(C(C)C)no3)C2)cc1. The third-order valence-electron chi connectivity index (χ3n) is 4.64. The summed E-state index contributed by atoms with van der Waals surface area (Å²) in [4.78, 5) is 14.5. The molecule has 0 radical (unpaired) electrons. The lowest BCUT2D eigenvalue weighted by Crippen LogP contribution is -2.41. The van der Waals surface area contributed by atoms with Gasteiger partial charge in [-0.25, -0.2) is 0 Å². The van der Waals surface area contributed by atoms with Crippen LogP contribution < -0.4 is 4.74 Å². The molecule has 1 amide bonds. The van der Waals surface area contributed by atoms with Crippen molar-refractivity contribution in [3.63, 3.8) is 0 Å². The number of hydrogen-bond donors (Lipinski definition) is 0. The molecule has 1 atom stereocenters. The lowest BCUT2D eigenvalue weighted by Gasteiger charge is -2.32. The van der Waals surface area contributed by atoms with Crippen LogP contribution in [0.2, 0.25) is 0 Å². The van der Waals surface area contributed by atoms with E-state index in [1.54, 1.807) is 6.07 Å². The predicted octanol–water partition coefficient (Wildman–Crippen LogP) is 4.04. The molecule has 0 bridgehead atoms. The molecule has 0 N–H and O–H groups in total. The Balaban J connectivity index is 1.56.